The van der Waals surface area contributed by atoms with Gasteiger partial charge < -0.3 is 15.8 Å². The van der Waals surface area contributed by atoms with Gasteiger partial charge in [0.1, 0.15) is 5.75 Å². The molecule has 3 N–H and O–H groups in total. The van der Waals surface area contributed by atoms with Gasteiger partial charge in [-0.25, -0.2) is 0 Å². The number of carbonyl (C=O) groups excluding carboxylic acids is 1. The van der Waals surface area contributed by atoms with E-state index in [1.54, 1.807) is 7.11 Å². The summed E-state index contributed by atoms with van der Waals surface area (Å²) in [5.74, 6) is 0.757. The molecule has 0 unspecified atom stereocenters. The molecule has 1 saturated carbocycles. The Labute approximate surface area is 120 Å². The van der Waals surface area contributed by atoms with Crippen LogP contribution in [0.1, 0.15) is 31.2 Å². The summed E-state index contributed by atoms with van der Waals surface area (Å²) in [6, 6.07) is 7.67. The van der Waals surface area contributed by atoms with E-state index >= 15 is 0 Å². The van der Waals surface area contributed by atoms with Crippen LogP contribution in [0.5, 0.6) is 5.75 Å². The van der Waals surface area contributed by atoms with E-state index in [-0.39, 0.29) is 18.3 Å². The highest BCUT2D eigenvalue weighted by Crippen LogP contribution is 2.27. The maximum absolute atomic E-state index is 12.0. The molecule has 5 heteroatoms. The van der Waals surface area contributed by atoms with E-state index in [2.05, 4.69) is 5.32 Å². The van der Waals surface area contributed by atoms with Crippen LogP contribution in [-0.2, 0) is 11.3 Å². The molecule has 0 atom stereocenters. The second kappa shape index (κ2) is 6.78. The minimum Gasteiger partial charge on any atom is -0.497 e. The molecule has 1 fully saturated rings. The molecular formula is C14H21ClN2O2. The van der Waals surface area contributed by atoms with Crippen LogP contribution in [0, 0.1) is 0 Å². The van der Waals surface area contributed by atoms with Gasteiger partial charge in [0.05, 0.1) is 12.6 Å². The van der Waals surface area contributed by atoms with Crippen molar-refractivity contribution in [3.05, 3.63) is 29.8 Å². The van der Waals surface area contributed by atoms with E-state index in [1.165, 1.54) is 0 Å². The quantitative estimate of drug-likeness (QED) is 0.889. The molecule has 0 aliphatic heterocycles. The lowest BCUT2D eigenvalue weighted by molar-refractivity contribution is -0.126. The van der Waals surface area contributed by atoms with Crippen LogP contribution in [0.4, 0.5) is 0 Å². The molecule has 1 amide bonds. The van der Waals surface area contributed by atoms with Gasteiger partial charge in [0, 0.05) is 6.54 Å². The van der Waals surface area contributed by atoms with Crippen molar-refractivity contribution in [3.63, 3.8) is 0 Å². The highest BCUT2D eigenvalue weighted by atomic mass is 35.5. The van der Waals surface area contributed by atoms with E-state index in [0.29, 0.717) is 6.54 Å². The average molecular weight is 285 g/mol. The van der Waals surface area contributed by atoms with Crippen LogP contribution in [0.25, 0.3) is 0 Å². The Morgan fingerprint density at radius 3 is 2.74 bits per heavy atom. The minimum atomic E-state index is -0.654. The van der Waals surface area contributed by atoms with Crippen LogP contribution < -0.4 is 15.8 Å². The largest absolute Gasteiger partial charge is 0.497 e. The average Bonchev–Trinajstić information content (AvgIpc) is 2.84. The highest BCUT2D eigenvalue weighted by molar-refractivity contribution is 5.86. The lowest BCUT2D eigenvalue weighted by Crippen LogP contribution is -2.51. The number of hydrogen-bond donors (Lipinski definition) is 2. The molecule has 0 aromatic heterocycles. The number of methoxy groups -OCH3 is 1. The normalized spacial score (nSPS) is 16.5. The maximum Gasteiger partial charge on any atom is 0.240 e. The SMILES string of the molecule is COc1cccc(CNC(=O)C2(N)CCCC2)c1.Cl. The fraction of sp³-hybridized carbons (Fsp3) is 0.500. The molecular weight excluding hydrogens is 264 g/mol. The monoisotopic (exact) mass is 284 g/mol. The van der Waals surface area contributed by atoms with E-state index in [1.807, 2.05) is 24.3 Å². The second-order valence-electron chi connectivity index (χ2n) is 4.90. The molecule has 0 heterocycles. The molecule has 0 bridgehead atoms. The standard InChI is InChI=1S/C14H20N2O2.ClH/c1-18-12-6-4-5-11(9-12)10-16-13(17)14(15)7-2-3-8-14;/h4-6,9H,2-3,7-8,10,15H2,1H3,(H,16,17);1H. The fourth-order valence-corrected chi connectivity index (χ4v) is 2.37. The Morgan fingerprint density at radius 1 is 1.42 bits per heavy atom. The molecule has 4 nitrogen and oxygen atoms in total. The molecule has 2 rings (SSSR count). The van der Waals surface area contributed by atoms with Gasteiger partial charge in [-0.2, -0.15) is 0 Å². The molecule has 0 saturated heterocycles. The van der Waals surface area contributed by atoms with E-state index in [4.69, 9.17) is 10.5 Å². The smallest absolute Gasteiger partial charge is 0.240 e. The van der Waals surface area contributed by atoms with Gasteiger partial charge in [0.2, 0.25) is 5.91 Å². The van der Waals surface area contributed by atoms with Crippen molar-refractivity contribution in [2.75, 3.05) is 7.11 Å². The zero-order valence-corrected chi connectivity index (χ0v) is 12.0. The van der Waals surface area contributed by atoms with Gasteiger partial charge in [-0.3, -0.25) is 4.79 Å². The Bertz CT molecular complexity index is 431. The van der Waals surface area contributed by atoms with Crippen molar-refractivity contribution in [1.82, 2.24) is 5.32 Å². The number of nitrogens with two attached hydrogens (primary N) is 1. The summed E-state index contributed by atoms with van der Waals surface area (Å²) < 4.78 is 5.14. The summed E-state index contributed by atoms with van der Waals surface area (Å²) in [6.45, 7) is 0.495. The first-order valence-electron chi connectivity index (χ1n) is 6.34. The third kappa shape index (κ3) is 3.85. The van der Waals surface area contributed by atoms with Crippen molar-refractivity contribution < 1.29 is 9.53 Å². The fourth-order valence-electron chi connectivity index (χ4n) is 2.37. The van der Waals surface area contributed by atoms with Gasteiger partial charge >= 0.3 is 0 Å². The van der Waals surface area contributed by atoms with E-state index in [0.717, 1.165) is 37.0 Å². The van der Waals surface area contributed by atoms with Crippen molar-refractivity contribution >= 4 is 18.3 Å². The highest BCUT2D eigenvalue weighted by Gasteiger charge is 2.36. The van der Waals surface area contributed by atoms with Gasteiger partial charge in [-0.1, -0.05) is 25.0 Å². The summed E-state index contributed by atoms with van der Waals surface area (Å²) in [6.07, 6.45) is 3.67. The van der Waals surface area contributed by atoms with Crippen LogP contribution >= 0.6 is 12.4 Å². The molecule has 0 spiro atoms. The van der Waals surface area contributed by atoms with Gasteiger partial charge in [0.15, 0.2) is 0 Å². The Kier molecular flexibility index (Phi) is 5.63. The number of benzene rings is 1. The van der Waals surface area contributed by atoms with Gasteiger partial charge in [0.25, 0.3) is 0 Å². The minimum absolute atomic E-state index is 0. The van der Waals surface area contributed by atoms with Crippen molar-refractivity contribution in [3.8, 4) is 5.75 Å². The van der Waals surface area contributed by atoms with Crippen LogP contribution in [-0.4, -0.2) is 18.6 Å². The van der Waals surface area contributed by atoms with E-state index in [9.17, 15) is 4.79 Å². The molecule has 1 aliphatic carbocycles. The number of nitrogens with one attached hydrogen (secondary N) is 1. The predicted octanol–water partition coefficient (Wildman–Crippen LogP) is 2.00. The molecule has 1 aromatic rings. The first-order valence-corrected chi connectivity index (χ1v) is 6.34. The number of ether oxygens (including phenoxy) is 1. The summed E-state index contributed by atoms with van der Waals surface area (Å²) in [5, 5.41) is 2.91. The Hall–Kier alpha value is -1.26. The topological polar surface area (TPSA) is 64.3 Å². The van der Waals surface area contributed by atoms with Crippen LogP contribution in [0.3, 0.4) is 0 Å². The van der Waals surface area contributed by atoms with Crippen molar-refractivity contribution in [1.29, 1.82) is 0 Å². The number of halogens is 1. The van der Waals surface area contributed by atoms with E-state index < -0.39 is 5.54 Å². The molecule has 1 aliphatic rings. The first-order chi connectivity index (χ1) is 8.64. The summed E-state index contributed by atoms with van der Waals surface area (Å²) >= 11 is 0. The number of hydrogen-bond acceptors (Lipinski definition) is 3. The van der Waals surface area contributed by atoms with Crippen LogP contribution in [0.2, 0.25) is 0 Å². The van der Waals surface area contributed by atoms with Crippen molar-refractivity contribution in [2.45, 2.75) is 37.8 Å². The first kappa shape index (κ1) is 15.8. The number of rotatable bonds is 4. The maximum atomic E-state index is 12.0. The summed E-state index contributed by atoms with van der Waals surface area (Å²) in [5.41, 5.74) is 6.45. The Morgan fingerprint density at radius 2 is 2.11 bits per heavy atom. The number of carbonyl (C=O) groups is 1. The second-order valence-corrected chi connectivity index (χ2v) is 4.90. The lowest BCUT2D eigenvalue weighted by Gasteiger charge is -2.22. The molecule has 0 radical (unpaired) electrons. The molecule has 106 valence electrons. The zero-order valence-electron chi connectivity index (χ0n) is 11.1. The van der Waals surface area contributed by atoms with Gasteiger partial charge in [-0.05, 0) is 30.5 Å². The zero-order chi connectivity index (χ0) is 13.0. The van der Waals surface area contributed by atoms with Crippen LogP contribution in [0.15, 0.2) is 24.3 Å². The Balaban J connectivity index is 0.00000180. The van der Waals surface area contributed by atoms with Gasteiger partial charge in [-0.15, -0.1) is 12.4 Å². The number of amides is 1. The predicted molar refractivity (Wildman–Crippen MR) is 77.5 cm³/mol. The molecule has 19 heavy (non-hydrogen) atoms. The third-order valence-electron chi connectivity index (χ3n) is 3.54. The summed E-state index contributed by atoms with van der Waals surface area (Å²) in [7, 11) is 1.63. The summed E-state index contributed by atoms with van der Waals surface area (Å²) in [4.78, 5) is 12.0. The molecule has 1 aromatic carbocycles. The van der Waals surface area contributed by atoms with Crippen molar-refractivity contribution in [2.24, 2.45) is 5.73 Å². The third-order valence-corrected chi connectivity index (χ3v) is 3.54. The lowest BCUT2D eigenvalue weighted by atomic mass is 9.98.